The molecule has 1 saturated heterocycles. The molecule has 162 valence electrons. The van der Waals surface area contributed by atoms with E-state index >= 15 is 0 Å². The van der Waals surface area contributed by atoms with Gasteiger partial charge in [-0.05, 0) is 41.1 Å². The van der Waals surface area contributed by atoms with Crippen LogP contribution < -0.4 is 15.4 Å². The third kappa shape index (κ3) is 4.28. The summed E-state index contributed by atoms with van der Waals surface area (Å²) < 4.78 is 5.11. The van der Waals surface area contributed by atoms with Gasteiger partial charge in [0.25, 0.3) is 0 Å². The molecule has 32 heavy (non-hydrogen) atoms. The van der Waals surface area contributed by atoms with Gasteiger partial charge >= 0.3 is 0 Å². The first-order valence-electron chi connectivity index (χ1n) is 9.72. The lowest BCUT2D eigenvalue weighted by Crippen LogP contribution is -2.31. The molecular weight excluding hydrogens is 428 g/mol. The van der Waals surface area contributed by atoms with Crippen molar-refractivity contribution in [2.45, 2.75) is 11.7 Å². The number of fused-ring (bicyclic) bond motifs is 1. The van der Waals surface area contributed by atoms with Gasteiger partial charge in [0.2, 0.25) is 11.8 Å². The van der Waals surface area contributed by atoms with Gasteiger partial charge in [0, 0.05) is 12.0 Å². The number of carbonyl (C=O) groups is 2. The zero-order valence-electron chi connectivity index (χ0n) is 17.1. The van der Waals surface area contributed by atoms with Gasteiger partial charge in [0.1, 0.15) is 16.7 Å². The van der Waals surface area contributed by atoms with Crippen LogP contribution in [0.2, 0.25) is 0 Å². The summed E-state index contributed by atoms with van der Waals surface area (Å²) in [6.45, 7) is 0. The van der Waals surface area contributed by atoms with Gasteiger partial charge in [0.15, 0.2) is 5.17 Å². The number of anilines is 1. The van der Waals surface area contributed by atoms with Crippen LogP contribution in [0.15, 0.2) is 70.9 Å². The zero-order chi connectivity index (χ0) is 22.7. The third-order valence-electron chi connectivity index (χ3n) is 4.99. The second-order valence-corrected chi connectivity index (χ2v) is 8.20. The lowest BCUT2D eigenvalue weighted by atomic mass is 10.0. The van der Waals surface area contributed by atoms with Crippen LogP contribution in [0.3, 0.4) is 0 Å². The molecule has 9 heteroatoms. The first kappa shape index (κ1) is 21.4. The third-order valence-corrected chi connectivity index (χ3v) is 5.97. The van der Waals surface area contributed by atoms with Crippen LogP contribution in [0.1, 0.15) is 12.0 Å². The standard InChI is InChI=1S/C23H20N4O4S/c1-31-16-9-7-15(8-10-16)27-21(29)12-20(22(27)30)32-23(24)26-25-13-18-17-5-3-2-4-14(17)6-11-19(18)28/h2-11,13,20,28H,12H2,1H3,(H2,24,26)/b25-13+/t20-/m1/s1. The molecule has 8 nitrogen and oxygen atoms in total. The van der Waals surface area contributed by atoms with Crippen LogP contribution >= 0.6 is 11.8 Å². The Morgan fingerprint density at radius 2 is 1.91 bits per heavy atom. The number of nitrogens with zero attached hydrogens (tertiary/aromatic N) is 3. The number of amides is 2. The minimum absolute atomic E-state index is 0.0135. The number of phenolic OH excluding ortho intramolecular Hbond substituents is 1. The molecule has 1 aliphatic heterocycles. The summed E-state index contributed by atoms with van der Waals surface area (Å²) in [7, 11) is 1.54. The monoisotopic (exact) mass is 448 g/mol. The van der Waals surface area contributed by atoms with E-state index in [4.69, 9.17) is 10.5 Å². The number of nitrogens with two attached hydrogens (primary N) is 1. The van der Waals surface area contributed by atoms with Gasteiger partial charge < -0.3 is 15.6 Å². The number of rotatable bonds is 5. The highest BCUT2D eigenvalue weighted by Gasteiger charge is 2.40. The van der Waals surface area contributed by atoms with Gasteiger partial charge in [-0.25, -0.2) is 4.90 Å². The molecule has 4 rings (SSSR count). The fourth-order valence-corrected chi connectivity index (χ4v) is 4.25. The molecule has 3 N–H and O–H groups in total. The Bertz CT molecular complexity index is 1240. The molecule has 2 amide bonds. The van der Waals surface area contributed by atoms with Crippen molar-refractivity contribution in [3.8, 4) is 11.5 Å². The molecular formula is C23H20N4O4S. The van der Waals surface area contributed by atoms with E-state index in [1.165, 1.54) is 6.21 Å². The van der Waals surface area contributed by atoms with Crippen molar-refractivity contribution in [3.05, 3.63) is 66.2 Å². The Hall–Kier alpha value is -3.85. The van der Waals surface area contributed by atoms with Gasteiger partial charge in [-0.1, -0.05) is 42.1 Å². The Morgan fingerprint density at radius 3 is 2.66 bits per heavy atom. The molecule has 3 aromatic carbocycles. The molecule has 0 aromatic heterocycles. The predicted octanol–water partition coefficient (Wildman–Crippen LogP) is 3.27. The smallest absolute Gasteiger partial charge is 0.247 e. The summed E-state index contributed by atoms with van der Waals surface area (Å²) in [5.74, 6) is 0.0273. The molecule has 1 fully saturated rings. The van der Waals surface area contributed by atoms with E-state index in [1.807, 2.05) is 30.3 Å². The Labute approximate surface area is 188 Å². The van der Waals surface area contributed by atoms with Gasteiger partial charge in [-0.2, -0.15) is 5.10 Å². The van der Waals surface area contributed by atoms with E-state index in [1.54, 1.807) is 37.4 Å². The Morgan fingerprint density at radius 1 is 1.16 bits per heavy atom. The summed E-state index contributed by atoms with van der Waals surface area (Å²) in [5, 5.41) is 19.2. The molecule has 1 aliphatic rings. The Kier molecular flexibility index (Phi) is 6.09. The van der Waals surface area contributed by atoms with Crippen LogP contribution in [0.5, 0.6) is 11.5 Å². The van der Waals surface area contributed by atoms with Crippen molar-refractivity contribution >= 4 is 51.4 Å². The molecule has 0 aliphatic carbocycles. The number of thioether (sulfide) groups is 1. The molecule has 0 bridgehead atoms. The van der Waals surface area contributed by atoms with Crippen molar-refractivity contribution in [3.63, 3.8) is 0 Å². The molecule has 0 spiro atoms. The maximum atomic E-state index is 12.8. The largest absolute Gasteiger partial charge is 0.507 e. The fourth-order valence-electron chi connectivity index (χ4n) is 3.43. The van der Waals surface area contributed by atoms with E-state index in [9.17, 15) is 14.7 Å². The first-order chi connectivity index (χ1) is 15.5. The molecule has 1 heterocycles. The number of hydrogen-bond acceptors (Lipinski definition) is 7. The minimum atomic E-state index is -0.686. The van der Waals surface area contributed by atoms with Gasteiger partial charge in [-0.3, -0.25) is 9.59 Å². The average Bonchev–Trinajstić information content (AvgIpc) is 3.08. The lowest BCUT2D eigenvalue weighted by Gasteiger charge is -2.15. The highest BCUT2D eigenvalue weighted by molar-refractivity contribution is 8.14. The molecule has 0 unspecified atom stereocenters. The summed E-state index contributed by atoms with van der Waals surface area (Å²) in [4.78, 5) is 26.3. The summed E-state index contributed by atoms with van der Waals surface area (Å²) in [5.41, 5.74) is 6.93. The number of phenols is 1. The highest BCUT2D eigenvalue weighted by Crippen LogP contribution is 2.31. The number of imide groups is 1. The first-order valence-corrected chi connectivity index (χ1v) is 10.6. The van der Waals surface area contributed by atoms with Crippen molar-refractivity contribution in [1.82, 2.24) is 0 Å². The number of benzene rings is 3. The van der Waals surface area contributed by atoms with E-state index in [0.29, 0.717) is 17.0 Å². The molecule has 0 saturated carbocycles. The van der Waals surface area contributed by atoms with E-state index in [0.717, 1.165) is 27.4 Å². The van der Waals surface area contributed by atoms with Crippen molar-refractivity contribution in [2.75, 3.05) is 12.0 Å². The minimum Gasteiger partial charge on any atom is -0.507 e. The quantitative estimate of drug-likeness (QED) is 0.268. The average molecular weight is 449 g/mol. The maximum absolute atomic E-state index is 12.8. The molecule has 1 atom stereocenters. The number of hydrogen-bond donors (Lipinski definition) is 2. The summed E-state index contributed by atoms with van der Waals surface area (Å²) >= 11 is 0.983. The second-order valence-electron chi connectivity index (χ2n) is 6.98. The van der Waals surface area contributed by atoms with Crippen molar-refractivity contribution in [2.24, 2.45) is 15.9 Å². The van der Waals surface area contributed by atoms with Crippen LogP contribution in [-0.2, 0) is 9.59 Å². The van der Waals surface area contributed by atoms with Crippen LogP contribution in [-0.4, -0.2) is 40.7 Å². The number of ether oxygens (including phenoxy) is 1. The number of methoxy groups -OCH3 is 1. The molecule has 3 aromatic rings. The predicted molar refractivity (Wildman–Crippen MR) is 126 cm³/mol. The normalized spacial score (nSPS) is 17.0. The second kappa shape index (κ2) is 9.11. The van der Waals surface area contributed by atoms with Crippen LogP contribution in [0.4, 0.5) is 5.69 Å². The Balaban J connectivity index is 1.47. The molecule has 0 radical (unpaired) electrons. The van der Waals surface area contributed by atoms with Crippen LogP contribution in [0.25, 0.3) is 10.8 Å². The van der Waals surface area contributed by atoms with E-state index in [2.05, 4.69) is 10.2 Å². The van der Waals surface area contributed by atoms with Gasteiger partial charge in [0.05, 0.1) is 19.0 Å². The zero-order valence-corrected chi connectivity index (χ0v) is 18.0. The van der Waals surface area contributed by atoms with Crippen LogP contribution in [0, 0.1) is 0 Å². The SMILES string of the molecule is COc1ccc(N2C(=O)C[C@@H](SC(N)=N/N=C/c3c(O)ccc4ccccc34)C2=O)cc1. The summed E-state index contributed by atoms with van der Waals surface area (Å²) in [6.07, 6.45) is 1.43. The summed E-state index contributed by atoms with van der Waals surface area (Å²) in [6, 6.07) is 17.6. The van der Waals surface area contributed by atoms with Gasteiger partial charge in [-0.15, -0.1) is 5.10 Å². The van der Waals surface area contributed by atoms with Crippen molar-refractivity contribution < 1.29 is 19.4 Å². The fraction of sp³-hybridized carbons (Fsp3) is 0.130. The number of aromatic hydroxyl groups is 1. The van der Waals surface area contributed by atoms with Crippen molar-refractivity contribution in [1.29, 1.82) is 0 Å². The van der Waals surface area contributed by atoms with E-state index < -0.39 is 5.25 Å². The van der Waals surface area contributed by atoms with E-state index in [-0.39, 0.29) is 29.2 Å². The topological polar surface area (TPSA) is 118 Å². The lowest BCUT2D eigenvalue weighted by molar-refractivity contribution is -0.121. The highest BCUT2D eigenvalue weighted by atomic mass is 32.2. The number of carbonyl (C=O) groups excluding carboxylic acids is 2. The maximum Gasteiger partial charge on any atom is 0.247 e. The number of amidine groups is 1.